The molecule has 11 heteroatoms. The lowest BCUT2D eigenvalue weighted by Crippen LogP contribution is -2.36. The van der Waals surface area contributed by atoms with Crippen LogP contribution in [0.5, 0.6) is 5.75 Å². The van der Waals surface area contributed by atoms with Crippen molar-refractivity contribution in [3.05, 3.63) is 81.8 Å². The second kappa shape index (κ2) is 9.92. The highest BCUT2D eigenvalue weighted by molar-refractivity contribution is 5.91. The van der Waals surface area contributed by atoms with Gasteiger partial charge in [0.2, 0.25) is 0 Å². The fraction of sp³-hybridized carbons (Fsp3) is 0.208. The molecule has 0 aliphatic heterocycles. The van der Waals surface area contributed by atoms with E-state index in [1.807, 2.05) is 0 Å². The first-order valence-electron chi connectivity index (χ1n) is 10.3. The Morgan fingerprint density at radius 1 is 1.11 bits per heavy atom. The van der Waals surface area contributed by atoms with Gasteiger partial charge in [-0.2, -0.15) is 13.2 Å². The smallest absolute Gasteiger partial charge is 0.417 e. The summed E-state index contributed by atoms with van der Waals surface area (Å²) in [6.07, 6.45) is -3.82. The number of benzene rings is 2. The number of nitrogens with zero attached hydrogens (tertiary/aromatic N) is 1. The van der Waals surface area contributed by atoms with Gasteiger partial charge in [-0.25, -0.2) is 4.79 Å². The van der Waals surface area contributed by atoms with E-state index in [-0.39, 0.29) is 16.7 Å². The van der Waals surface area contributed by atoms with Gasteiger partial charge in [0, 0.05) is 18.8 Å². The Kier molecular flexibility index (Phi) is 7.18. The van der Waals surface area contributed by atoms with E-state index >= 15 is 0 Å². The van der Waals surface area contributed by atoms with Gasteiger partial charge in [0.15, 0.2) is 5.69 Å². The number of aliphatic carboxylic acids is 1. The molecule has 1 unspecified atom stereocenters. The first-order chi connectivity index (χ1) is 16.4. The number of aromatic hydroxyl groups is 1. The minimum Gasteiger partial charge on any atom is -0.505 e. The van der Waals surface area contributed by atoms with E-state index in [0.717, 1.165) is 10.6 Å². The maximum Gasteiger partial charge on any atom is 0.417 e. The molecule has 4 N–H and O–H groups in total. The third kappa shape index (κ3) is 5.81. The number of hydrogen-bond acceptors (Lipinski definition) is 4. The summed E-state index contributed by atoms with van der Waals surface area (Å²) in [5.74, 6) is -1.71. The number of nitrogens with one attached hydrogen (secondary N) is 2. The molecule has 2 aromatic carbocycles. The second-order valence-electron chi connectivity index (χ2n) is 7.87. The Hall–Kier alpha value is -4.28. The fourth-order valence-corrected chi connectivity index (χ4v) is 3.64. The number of amides is 2. The minimum absolute atomic E-state index is 0.103. The van der Waals surface area contributed by atoms with Crippen LogP contribution in [0.25, 0.3) is 11.1 Å². The van der Waals surface area contributed by atoms with Gasteiger partial charge >= 0.3 is 18.2 Å². The summed E-state index contributed by atoms with van der Waals surface area (Å²) in [7, 11) is 1.43. The highest BCUT2D eigenvalue weighted by atomic mass is 19.4. The van der Waals surface area contributed by atoms with Crippen LogP contribution < -0.4 is 16.2 Å². The number of urea groups is 1. The van der Waals surface area contributed by atoms with E-state index in [1.54, 1.807) is 0 Å². The summed E-state index contributed by atoms with van der Waals surface area (Å²) in [4.78, 5) is 36.4. The number of carboxylic acids is 1. The number of aromatic nitrogens is 1. The number of hydrogen-bond donors (Lipinski definition) is 4. The second-order valence-corrected chi connectivity index (χ2v) is 7.87. The van der Waals surface area contributed by atoms with Crippen LogP contribution in [0.3, 0.4) is 0 Å². The van der Waals surface area contributed by atoms with Crippen molar-refractivity contribution in [3.63, 3.8) is 0 Å². The first kappa shape index (κ1) is 25.3. The quantitative estimate of drug-likeness (QED) is 0.409. The molecule has 0 saturated carbocycles. The van der Waals surface area contributed by atoms with Crippen LogP contribution in [0.15, 0.2) is 59.5 Å². The van der Waals surface area contributed by atoms with Gasteiger partial charge in [0.05, 0.1) is 18.0 Å². The average Bonchev–Trinajstić information content (AvgIpc) is 2.79. The van der Waals surface area contributed by atoms with Crippen molar-refractivity contribution in [2.24, 2.45) is 7.05 Å². The summed E-state index contributed by atoms with van der Waals surface area (Å²) in [6, 6.07) is 8.55. The summed E-state index contributed by atoms with van der Waals surface area (Å²) in [5, 5.41) is 24.1. The predicted octanol–water partition coefficient (Wildman–Crippen LogP) is 4.42. The Balaban J connectivity index is 1.94. The monoisotopic (exact) mass is 489 g/mol. The molecule has 2 amide bonds. The number of carboxylic acid groups (broad SMARTS) is 1. The molecule has 1 atom stereocenters. The largest absolute Gasteiger partial charge is 0.505 e. The van der Waals surface area contributed by atoms with Crippen LogP contribution in [0.2, 0.25) is 0 Å². The van der Waals surface area contributed by atoms with E-state index in [9.17, 15) is 37.8 Å². The van der Waals surface area contributed by atoms with Crippen molar-refractivity contribution in [1.29, 1.82) is 0 Å². The van der Waals surface area contributed by atoms with Crippen molar-refractivity contribution in [3.8, 4) is 16.9 Å². The van der Waals surface area contributed by atoms with Crippen LogP contribution >= 0.6 is 0 Å². The summed E-state index contributed by atoms with van der Waals surface area (Å²) in [5.41, 5.74) is -1.31. The lowest BCUT2D eigenvalue weighted by molar-refractivity contribution is -0.138. The van der Waals surface area contributed by atoms with Crippen LogP contribution in [0.4, 0.5) is 23.7 Å². The highest BCUT2D eigenvalue weighted by Crippen LogP contribution is 2.37. The zero-order valence-corrected chi connectivity index (χ0v) is 18.7. The van der Waals surface area contributed by atoms with Gasteiger partial charge in [0.25, 0.3) is 5.56 Å². The van der Waals surface area contributed by atoms with Gasteiger partial charge in [-0.15, -0.1) is 0 Å². The fourth-order valence-electron chi connectivity index (χ4n) is 3.64. The molecule has 8 nitrogen and oxygen atoms in total. The predicted molar refractivity (Wildman–Crippen MR) is 122 cm³/mol. The molecule has 0 saturated heterocycles. The van der Waals surface area contributed by atoms with E-state index < -0.39 is 53.2 Å². The van der Waals surface area contributed by atoms with E-state index in [4.69, 9.17) is 0 Å². The number of pyridine rings is 1. The van der Waals surface area contributed by atoms with Gasteiger partial charge in [0.1, 0.15) is 5.75 Å². The topological polar surface area (TPSA) is 121 Å². The maximum atomic E-state index is 13.5. The van der Waals surface area contributed by atoms with Gasteiger partial charge < -0.3 is 25.4 Å². The maximum absolute atomic E-state index is 13.5. The van der Waals surface area contributed by atoms with Crippen molar-refractivity contribution in [1.82, 2.24) is 9.88 Å². The molecule has 0 fully saturated rings. The van der Waals surface area contributed by atoms with Crippen LogP contribution in [0, 0.1) is 6.92 Å². The summed E-state index contributed by atoms with van der Waals surface area (Å²) in [6.45, 7) is 1.52. The molecule has 3 aromatic rings. The van der Waals surface area contributed by atoms with Crippen molar-refractivity contribution >= 4 is 17.7 Å². The number of rotatable bonds is 6. The lowest BCUT2D eigenvalue weighted by atomic mass is 9.95. The number of carbonyl (C=O) groups excluding carboxylic acids is 1. The summed E-state index contributed by atoms with van der Waals surface area (Å²) < 4.78 is 41.6. The molecule has 3 rings (SSSR count). The molecule has 1 heterocycles. The van der Waals surface area contributed by atoms with Crippen molar-refractivity contribution in [2.45, 2.75) is 25.6 Å². The molecule has 35 heavy (non-hydrogen) atoms. The third-order valence-corrected chi connectivity index (χ3v) is 5.29. The molecule has 184 valence electrons. The first-order valence-corrected chi connectivity index (χ1v) is 10.3. The summed E-state index contributed by atoms with van der Waals surface area (Å²) >= 11 is 0. The molecular weight excluding hydrogens is 467 g/mol. The SMILES string of the molecule is Cc1cn(C)c(=O)c(NC(=O)NC(CC(=O)O)c2cccc(-c3ccccc3C(F)(F)F)c2)c1O. The van der Waals surface area contributed by atoms with Crippen LogP contribution in [0.1, 0.15) is 29.2 Å². The van der Waals surface area contributed by atoms with Crippen LogP contribution in [-0.4, -0.2) is 26.8 Å². The zero-order chi connectivity index (χ0) is 25.9. The molecule has 0 bridgehead atoms. The Morgan fingerprint density at radius 3 is 2.46 bits per heavy atom. The number of halogens is 3. The molecule has 0 aliphatic carbocycles. The highest BCUT2D eigenvalue weighted by Gasteiger charge is 2.33. The number of carbonyl (C=O) groups is 2. The van der Waals surface area contributed by atoms with Gasteiger partial charge in [-0.05, 0) is 35.7 Å². The van der Waals surface area contributed by atoms with Gasteiger partial charge in [-0.1, -0.05) is 36.4 Å². The normalized spacial score (nSPS) is 12.1. The molecular formula is C24H22F3N3O5. The van der Waals surface area contributed by atoms with E-state index in [2.05, 4.69) is 10.6 Å². The van der Waals surface area contributed by atoms with E-state index in [0.29, 0.717) is 5.56 Å². The van der Waals surface area contributed by atoms with E-state index in [1.165, 1.54) is 62.6 Å². The average molecular weight is 489 g/mol. The molecule has 1 aromatic heterocycles. The number of anilines is 1. The van der Waals surface area contributed by atoms with Crippen LogP contribution in [-0.2, 0) is 18.0 Å². The standard InChI is InChI=1S/C24H22F3N3O5/c1-13-12-30(2)22(34)20(21(13)33)29-23(35)28-18(11-19(31)32)15-7-5-6-14(10-15)16-8-3-4-9-17(16)24(25,26)27/h3-10,12,18,33H,11H2,1-2H3,(H,31,32)(H2,28,29,35). The Labute approximate surface area is 197 Å². The minimum atomic E-state index is -4.60. The van der Waals surface area contributed by atoms with Crippen molar-refractivity contribution < 1.29 is 33.0 Å². The zero-order valence-electron chi connectivity index (χ0n) is 18.7. The Morgan fingerprint density at radius 2 is 1.80 bits per heavy atom. The van der Waals surface area contributed by atoms with Crippen molar-refractivity contribution in [2.75, 3.05) is 5.32 Å². The molecule has 0 aliphatic rings. The lowest BCUT2D eigenvalue weighted by Gasteiger charge is -2.20. The number of aryl methyl sites for hydroxylation is 2. The molecule has 0 spiro atoms. The molecule has 0 radical (unpaired) electrons. The number of alkyl halides is 3. The Bertz CT molecular complexity index is 1330. The third-order valence-electron chi connectivity index (χ3n) is 5.29. The van der Waals surface area contributed by atoms with Gasteiger partial charge in [-0.3, -0.25) is 9.59 Å².